The van der Waals surface area contributed by atoms with Gasteiger partial charge in [0.1, 0.15) is 11.6 Å². The molecule has 2 aliphatic heterocycles. The number of hydrogen-bond acceptors (Lipinski definition) is 6. The fraction of sp³-hybridized carbons (Fsp3) is 0.474. The van der Waals surface area contributed by atoms with Gasteiger partial charge in [0.15, 0.2) is 0 Å². The molecule has 2 aliphatic rings. The minimum atomic E-state index is 0.369. The van der Waals surface area contributed by atoms with Crippen molar-refractivity contribution in [3.63, 3.8) is 0 Å². The van der Waals surface area contributed by atoms with Gasteiger partial charge in [0.2, 0.25) is 5.95 Å². The maximum Gasteiger partial charge on any atom is 0.223 e. The molecule has 6 nitrogen and oxygen atoms in total. The van der Waals surface area contributed by atoms with E-state index in [4.69, 9.17) is 5.73 Å². The predicted octanol–water partition coefficient (Wildman–Crippen LogP) is 1.42. The largest absolute Gasteiger partial charge is 0.368 e. The lowest BCUT2D eigenvalue weighted by molar-refractivity contribution is 0.312. The molecule has 1 aromatic carbocycles. The topological polar surface area (TPSA) is 61.5 Å². The highest BCUT2D eigenvalue weighted by Gasteiger charge is 2.20. The zero-order chi connectivity index (χ0) is 17.2. The van der Waals surface area contributed by atoms with Crippen molar-refractivity contribution in [2.45, 2.75) is 12.8 Å². The molecule has 0 bridgehead atoms. The number of benzene rings is 1. The third-order valence-electron chi connectivity index (χ3n) is 5.29. The maximum absolute atomic E-state index is 6.04. The summed E-state index contributed by atoms with van der Waals surface area (Å²) < 4.78 is 0. The molecule has 0 aliphatic carbocycles. The van der Waals surface area contributed by atoms with Gasteiger partial charge in [-0.1, -0.05) is 24.3 Å². The number of anilines is 3. The Morgan fingerprint density at radius 3 is 1.88 bits per heavy atom. The monoisotopic (exact) mass is 338 g/mol. The van der Waals surface area contributed by atoms with Gasteiger partial charge in [0.05, 0.1) is 0 Å². The number of rotatable bonds is 2. The normalized spacial score (nSPS) is 18.8. The third kappa shape index (κ3) is 3.54. The first-order valence-electron chi connectivity index (χ1n) is 9.09. The molecule has 2 N–H and O–H groups in total. The smallest absolute Gasteiger partial charge is 0.223 e. The van der Waals surface area contributed by atoms with Crippen LogP contribution >= 0.6 is 0 Å². The second-order valence-electron chi connectivity index (χ2n) is 6.99. The molecule has 1 fully saturated rings. The Bertz CT molecular complexity index is 711. The second kappa shape index (κ2) is 6.88. The van der Waals surface area contributed by atoms with Gasteiger partial charge in [-0.3, -0.25) is 0 Å². The van der Waals surface area contributed by atoms with E-state index in [0.29, 0.717) is 5.95 Å². The van der Waals surface area contributed by atoms with E-state index in [-0.39, 0.29) is 0 Å². The van der Waals surface area contributed by atoms with Crippen LogP contribution in [0.2, 0.25) is 0 Å². The van der Waals surface area contributed by atoms with Crippen LogP contribution in [0.3, 0.4) is 0 Å². The lowest BCUT2D eigenvalue weighted by Gasteiger charge is -2.33. The summed E-state index contributed by atoms with van der Waals surface area (Å²) in [6.45, 7) is 6.01. The molecule has 1 aromatic heterocycles. The highest BCUT2D eigenvalue weighted by molar-refractivity contribution is 5.55. The number of nitrogens with zero attached hydrogens (tertiary/aromatic N) is 5. The van der Waals surface area contributed by atoms with Gasteiger partial charge in [0, 0.05) is 45.3 Å². The molecule has 0 spiro atoms. The van der Waals surface area contributed by atoms with Crippen molar-refractivity contribution in [1.29, 1.82) is 0 Å². The minimum Gasteiger partial charge on any atom is -0.368 e. The van der Waals surface area contributed by atoms with E-state index in [0.717, 1.165) is 63.7 Å². The van der Waals surface area contributed by atoms with E-state index >= 15 is 0 Å². The first kappa shape index (κ1) is 16.1. The SMILES string of the molecule is CN1CCN(c2cc(N3CCc4ccccc4CC3)nc(N)n2)CC1. The van der Waals surface area contributed by atoms with Crippen molar-refractivity contribution in [1.82, 2.24) is 14.9 Å². The number of hydrogen-bond donors (Lipinski definition) is 1. The average Bonchev–Trinajstić information content (AvgIpc) is 2.84. The van der Waals surface area contributed by atoms with E-state index in [1.165, 1.54) is 11.1 Å². The molecular weight excluding hydrogens is 312 g/mol. The van der Waals surface area contributed by atoms with Gasteiger partial charge in [-0.25, -0.2) is 0 Å². The van der Waals surface area contributed by atoms with Crippen molar-refractivity contribution in [2.75, 3.05) is 61.8 Å². The maximum atomic E-state index is 6.04. The summed E-state index contributed by atoms with van der Waals surface area (Å²) in [5.41, 5.74) is 8.94. The summed E-state index contributed by atoms with van der Waals surface area (Å²) in [7, 11) is 2.16. The fourth-order valence-corrected chi connectivity index (χ4v) is 3.70. The number of nitrogen functional groups attached to an aromatic ring is 1. The van der Waals surface area contributed by atoms with Crippen LogP contribution in [0.5, 0.6) is 0 Å². The predicted molar refractivity (Wildman–Crippen MR) is 102 cm³/mol. The molecule has 132 valence electrons. The molecule has 1 saturated heterocycles. The van der Waals surface area contributed by atoms with Gasteiger partial charge >= 0.3 is 0 Å². The molecule has 0 atom stereocenters. The number of piperazine rings is 1. The Balaban J connectivity index is 1.54. The Hall–Kier alpha value is -2.34. The number of fused-ring (bicyclic) bond motifs is 1. The molecule has 6 heteroatoms. The van der Waals surface area contributed by atoms with E-state index in [1.807, 2.05) is 0 Å². The second-order valence-corrected chi connectivity index (χ2v) is 6.99. The summed E-state index contributed by atoms with van der Waals surface area (Å²) in [4.78, 5) is 16.0. The van der Waals surface area contributed by atoms with Crippen LogP contribution < -0.4 is 15.5 Å². The lowest BCUT2D eigenvalue weighted by Crippen LogP contribution is -2.45. The van der Waals surface area contributed by atoms with E-state index < -0.39 is 0 Å². The highest BCUT2D eigenvalue weighted by Crippen LogP contribution is 2.24. The lowest BCUT2D eigenvalue weighted by atomic mass is 10.0. The Morgan fingerprint density at radius 2 is 1.32 bits per heavy atom. The summed E-state index contributed by atoms with van der Waals surface area (Å²) in [5, 5.41) is 0. The van der Waals surface area contributed by atoms with Crippen LogP contribution in [-0.2, 0) is 12.8 Å². The molecule has 0 unspecified atom stereocenters. The number of nitrogens with two attached hydrogens (primary N) is 1. The van der Waals surface area contributed by atoms with Crippen LogP contribution in [0.15, 0.2) is 30.3 Å². The average molecular weight is 338 g/mol. The Labute approximate surface area is 149 Å². The van der Waals surface area contributed by atoms with Gasteiger partial charge in [-0.2, -0.15) is 9.97 Å². The van der Waals surface area contributed by atoms with Crippen molar-refractivity contribution in [3.8, 4) is 0 Å². The molecule has 3 heterocycles. The molecular formula is C19H26N6. The first-order chi connectivity index (χ1) is 12.2. The molecule has 4 rings (SSSR count). The van der Waals surface area contributed by atoms with Crippen LogP contribution in [0, 0.1) is 0 Å². The molecule has 25 heavy (non-hydrogen) atoms. The Kier molecular flexibility index (Phi) is 4.44. The van der Waals surface area contributed by atoms with Crippen molar-refractivity contribution < 1.29 is 0 Å². The molecule has 2 aromatic rings. The fourth-order valence-electron chi connectivity index (χ4n) is 3.70. The molecule has 0 amide bonds. The highest BCUT2D eigenvalue weighted by atomic mass is 15.3. The third-order valence-corrected chi connectivity index (χ3v) is 5.29. The van der Waals surface area contributed by atoms with Crippen molar-refractivity contribution in [3.05, 3.63) is 41.5 Å². The number of likely N-dealkylation sites (N-methyl/N-ethyl adjacent to an activating group) is 1. The zero-order valence-electron chi connectivity index (χ0n) is 14.9. The van der Waals surface area contributed by atoms with Gasteiger partial charge < -0.3 is 20.4 Å². The van der Waals surface area contributed by atoms with Crippen LogP contribution in [0.4, 0.5) is 17.6 Å². The van der Waals surface area contributed by atoms with E-state index in [1.54, 1.807) is 0 Å². The minimum absolute atomic E-state index is 0.369. The van der Waals surface area contributed by atoms with Crippen molar-refractivity contribution >= 4 is 17.6 Å². The van der Waals surface area contributed by atoms with Gasteiger partial charge in [-0.15, -0.1) is 0 Å². The van der Waals surface area contributed by atoms with Crippen LogP contribution in [0.1, 0.15) is 11.1 Å². The van der Waals surface area contributed by atoms with Crippen LogP contribution in [0.25, 0.3) is 0 Å². The summed E-state index contributed by atoms with van der Waals surface area (Å²) >= 11 is 0. The van der Waals surface area contributed by atoms with Crippen molar-refractivity contribution in [2.24, 2.45) is 0 Å². The molecule has 0 radical (unpaired) electrons. The van der Waals surface area contributed by atoms with E-state index in [2.05, 4.69) is 62.0 Å². The summed E-state index contributed by atoms with van der Waals surface area (Å²) in [5.74, 6) is 2.28. The zero-order valence-corrected chi connectivity index (χ0v) is 14.9. The first-order valence-corrected chi connectivity index (χ1v) is 9.09. The van der Waals surface area contributed by atoms with E-state index in [9.17, 15) is 0 Å². The standard InChI is InChI=1S/C19H26N6/c1-23-10-12-25(13-11-23)18-14-17(21-19(20)22-18)24-8-6-15-4-2-3-5-16(15)7-9-24/h2-5,14H,6-13H2,1H3,(H2,20,21,22). The quantitative estimate of drug-likeness (QED) is 0.893. The van der Waals surface area contributed by atoms with Crippen LogP contribution in [-0.4, -0.2) is 61.2 Å². The Morgan fingerprint density at radius 1 is 0.800 bits per heavy atom. The summed E-state index contributed by atoms with van der Waals surface area (Å²) in [6.07, 6.45) is 2.09. The summed E-state index contributed by atoms with van der Waals surface area (Å²) in [6, 6.07) is 10.8. The van der Waals surface area contributed by atoms with Gasteiger partial charge in [0.25, 0.3) is 0 Å². The number of aromatic nitrogens is 2. The van der Waals surface area contributed by atoms with Gasteiger partial charge in [-0.05, 0) is 31.0 Å². The molecule has 0 saturated carbocycles.